The minimum atomic E-state index is -4.84. The maximum absolute atomic E-state index is 13.1. The molecule has 0 amide bonds. The maximum atomic E-state index is 13.1. The number of piperidine rings is 1. The van der Waals surface area contributed by atoms with Crippen molar-refractivity contribution in [1.29, 1.82) is 0 Å². The normalized spacial score (nSPS) is 14.9. The Morgan fingerprint density at radius 2 is 1.57 bits per heavy atom. The highest BCUT2D eigenvalue weighted by atomic mass is 32.2. The summed E-state index contributed by atoms with van der Waals surface area (Å²) >= 11 is 1.45. The van der Waals surface area contributed by atoms with Crippen molar-refractivity contribution in [3.8, 4) is 34.3 Å². The second kappa shape index (κ2) is 10.7. The molecule has 1 saturated heterocycles. The molecule has 1 aliphatic heterocycles. The van der Waals surface area contributed by atoms with E-state index < -0.39 is 27.2 Å². The average Bonchev–Trinajstić information content (AvgIpc) is 3.37. The van der Waals surface area contributed by atoms with Crippen LogP contribution in [0.15, 0.2) is 46.7 Å². The summed E-state index contributed by atoms with van der Waals surface area (Å²) < 4.78 is 83.3. The predicted octanol–water partition coefficient (Wildman–Crippen LogP) is 5.18. The number of hydrogen-bond donors (Lipinski definition) is 0. The Morgan fingerprint density at radius 3 is 2.08 bits per heavy atom. The van der Waals surface area contributed by atoms with Gasteiger partial charge >= 0.3 is 6.36 Å². The quantitative estimate of drug-likeness (QED) is 0.374. The van der Waals surface area contributed by atoms with Crippen molar-refractivity contribution < 1.29 is 40.5 Å². The highest BCUT2D eigenvalue weighted by molar-refractivity contribution is 7.92. The molecule has 3 aromatic rings. The zero-order chi connectivity index (χ0) is 26.8. The maximum Gasteiger partial charge on any atom is 0.573 e. The summed E-state index contributed by atoms with van der Waals surface area (Å²) in [5, 5.41) is 2.02. The molecule has 0 radical (unpaired) electrons. The monoisotopic (exact) mass is 558 g/mol. The molecule has 2 aromatic carbocycles. The third kappa shape index (κ3) is 5.87. The van der Waals surface area contributed by atoms with Gasteiger partial charge in [0, 0.05) is 24.0 Å². The SMILES string of the molecule is COc1cc(-c2csc(N3CCC(S(=O)(=O)c4ccc(OC(F)(F)F)cc4)CC3)n2)cc(OC)c1OC. The van der Waals surface area contributed by atoms with E-state index in [1.165, 1.54) is 32.7 Å². The summed E-state index contributed by atoms with van der Waals surface area (Å²) in [5.41, 5.74) is 1.50. The van der Waals surface area contributed by atoms with E-state index in [0.29, 0.717) is 43.2 Å². The summed E-state index contributed by atoms with van der Waals surface area (Å²) in [6.45, 7) is 0.947. The molecule has 0 atom stereocenters. The van der Waals surface area contributed by atoms with Crippen LogP contribution in [0.25, 0.3) is 11.3 Å². The second-order valence-corrected chi connectivity index (χ2v) is 11.2. The molecule has 2 heterocycles. The largest absolute Gasteiger partial charge is 0.573 e. The highest BCUT2D eigenvalue weighted by Crippen LogP contribution is 2.42. The number of nitrogens with zero attached hydrogens (tertiary/aromatic N) is 2. The zero-order valence-corrected chi connectivity index (χ0v) is 21.9. The van der Waals surface area contributed by atoms with E-state index in [1.807, 2.05) is 22.4 Å². The molecule has 4 rings (SSSR count). The first kappa shape index (κ1) is 26.9. The van der Waals surface area contributed by atoms with Crippen LogP contribution in [0.4, 0.5) is 18.3 Å². The number of halogens is 3. The fourth-order valence-electron chi connectivity index (χ4n) is 4.15. The molecule has 200 valence electrons. The molecule has 13 heteroatoms. The van der Waals surface area contributed by atoms with Crippen LogP contribution >= 0.6 is 11.3 Å². The van der Waals surface area contributed by atoms with Crippen LogP contribution in [-0.2, 0) is 9.84 Å². The fraction of sp³-hybridized carbons (Fsp3) is 0.375. The Kier molecular flexibility index (Phi) is 7.74. The zero-order valence-electron chi connectivity index (χ0n) is 20.2. The first-order valence-corrected chi connectivity index (χ1v) is 13.6. The van der Waals surface area contributed by atoms with E-state index in [0.717, 1.165) is 40.7 Å². The van der Waals surface area contributed by atoms with Crippen molar-refractivity contribution >= 4 is 26.3 Å². The molecule has 0 aliphatic carbocycles. The number of aromatic nitrogens is 1. The Bertz CT molecular complexity index is 1310. The summed E-state index contributed by atoms with van der Waals surface area (Å²) in [4.78, 5) is 6.73. The van der Waals surface area contributed by atoms with Gasteiger partial charge in [-0.3, -0.25) is 0 Å². The van der Waals surface area contributed by atoms with E-state index in [-0.39, 0.29) is 4.90 Å². The minimum Gasteiger partial charge on any atom is -0.493 e. The van der Waals surface area contributed by atoms with Gasteiger partial charge in [-0.15, -0.1) is 24.5 Å². The Morgan fingerprint density at radius 1 is 0.973 bits per heavy atom. The number of methoxy groups -OCH3 is 3. The number of thiazole rings is 1. The van der Waals surface area contributed by atoms with E-state index in [1.54, 1.807) is 0 Å². The van der Waals surface area contributed by atoms with Crippen molar-refractivity contribution in [3.63, 3.8) is 0 Å². The van der Waals surface area contributed by atoms with Crippen LogP contribution < -0.4 is 23.8 Å². The minimum absolute atomic E-state index is 0.0283. The standard InChI is InChI=1S/C24H25F3N2O6S2/c1-32-20-12-15(13-21(33-2)22(20)34-3)19-14-36-23(28-19)29-10-8-18(9-11-29)37(30,31)17-6-4-16(5-7-17)35-24(25,26)27/h4-7,12-14,18H,8-11H2,1-3H3. The number of hydrogen-bond acceptors (Lipinski definition) is 9. The van der Waals surface area contributed by atoms with Gasteiger partial charge in [-0.2, -0.15) is 0 Å². The topological polar surface area (TPSA) is 87.2 Å². The van der Waals surface area contributed by atoms with Gasteiger partial charge < -0.3 is 23.8 Å². The lowest BCUT2D eigenvalue weighted by Gasteiger charge is -2.31. The molecule has 0 unspecified atom stereocenters. The Labute approximate surface area is 216 Å². The smallest absolute Gasteiger partial charge is 0.493 e. The number of anilines is 1. The van der Waals surface area contributed by atoms with Gasteiger partial charge in [0.25, 0.3) is 0 Å². The van der Waals surface area contributed by atoms with Crippen molar-refractivity contribution in [2.45, 2.75) is 29.3 Å². The summed E-state index contributed by atoms with van der Waals surface area (Å²) in [7, 11) is 0.898. The molecule has 0 spiro atoms. The van der Waals surface area contributed by atoms with Crippen LogP contribution in [0.5, 0.6) is 23.0 Å². The lowest BCUT2D eigenvalue weighted by molar-refractivity contribution is -0.274. The third-order valence-electron chi connectivity index (χ3n) is 5.99. The lowest BCUT2D eigenvalue weighted by Crippen LogP contribution is -2.39. The van der Waals surface area contributed by atoms with Crippen molar-refractivity contribution in [2.24, 2.45) is 0 Å². The molecule has 0 bridgehead atoms. The van der Waals surface area contributed by atoms with Gasteiger partial charge in [-0.1, -0.05) is 0 Å². The number of benzene rings is 2. The van der Waals surface area contributed by atoms with Crippen LogP contribution in [0.3, 0.4) is 0 Å². The van der Waals surface area contributed by atoms with Crippen LogP contribution in [0.2, 0.25) is 0 Å². The van der Waals surface area contributed by atoms with E-state index in [9.17, 15) is 21.6 Å². The molecule has 1 aliphatic rings. The first-order valence-electron chi connectivity index (χ1n) is 11.2. The third-order valence-corrected chi connectivity index (χ3v) is 9.17. The van der Waals surface area contributed by atoms with Gasteiger partial charge in [-0.05, 0) is 49.2 Å². The summed E-state index contributed by atoms with van der Waals surface area (Å²) in [6, 6.07) is 7.93. The number of alkyl halides is 3. The highest BCUT2D eigenvalue weighted by Gasteiger charge is 2.34. The molecular formula is C24H25F3N2O6S2. The Hall–Kier alpha value is -3.19. The van der Waals surface area contributed by atoms with Gasteiger partial charge in [0.2, 0.25) is 5.75 Å². The predicted molar refractivity (Wildman–Crippen MR) is 133 cm³/mol. The first-order chi connectivity index (χ1) is 17.6. The molecule has 1 aromatic heterocycles. The van der Waals surface area contributed by atoms with Gasteiger partial charge in [0.05, 0.1) is 37.2 Å². The summed E-state index contributed by atoms with van der Waals surface area (Å²) in [5.74, 6) is 1.04. The van der Waals surface area contributed by atoms with Crippen LogP contribution in [0.1, 0.15) is 12.8 Å². The molecule has 1 fully saturated rings. The van der Waals surface area contributed by atoms with Crippen molar-refractivity contribution in [3.05, 3.63) is 41.8 Å². The van der Waals surface area contributed by atoms with E-state index >= 15 is 0 Å². The van der Waals surface area contributed by atoms with Crippen molar-refractivity contribution in [1.82, 2.24) is 4.98 Å². The summed E-state index contributed by atoms with van der Waals surface area (Å²) in [6.07, 6.45) is -4.11. The van der Waals surface area contributed by atoms with Crippen LogP contribution in [-0.4, -0.2) is 59.4 Å². The van der Waals surface area contributed by atoms with E-state index in [4.69, 9.17) is 19.2 Å². The Balaban J connectivity index is 1.44. The van der Waals surface area contributed by atoms with Gasteiger partial charge in [0.1, 0.15) is 5.75 Å². The molecule has 0 saturated carbocycles. The molecule has 37 heavy (non-hydrogen) atoms. The van der Waals surface area contributed by atoms with Gasteiger partial charge in [-0.25, -0.2) is 13.4 Å². The number of ether oxygens (including phenoxy) is 4. The second-order valence-electron chi connectivity index (χ2n) is 8.18. The van der Waals surface area contributed by atoms with Crippen molar-refractivity contribution in [2.75, 3.05) is 39.3 Å². The van der Waals surface area contributed by atoms with Crippen LogP contribution in [0, 0.1) is 0 Å². The lowest BCUT2D eigenvalue weighted by atomic mass is 10.1. The average molecular weight is 559 g/mol. The number of rotatable bonds is 8. The molecular weight excluding hydrogens is 533 g/mol. The number of sulfone groups is 1. The van der Waals surface area contributed by atoms with E-state index in [2.05, 4.69) is 4.74 Å². The van der Waals surface area contributed by atoms with Gasteiger partial charge in [0.15, 0.2) is 26.5 Å². The fourth-order valence-corrected chi connectivity index (χ4v) is 6.77. The molecule has 8 nitrogen and oxygen atoms in total. The molecule has 0 N–H and O–H groups in total.